The zero-order valence-electron chi connectivity index (χ0n) is 22.3. The van der Waals surface area contributed by atoms with E-state index in [4.69, 9.17) is 4.74 Å². The summed E-state index contributed by atoms with van der Waals surface area (Å²) in [5, 5.41) is 0. The summed E-state index contributed by atoms with van der Waals surface area (Å²) in [6.07, 6.45) is 10.3. The molecule has 4 atom stereocenters. The zero-order chi connectivity index (χ0) is 26.7. The molecule has 6 nitrogen and oxygen atoms in total. The van der Waals surface area contributed by atoms with E-state index >= 15 is 0 Å². The molecule has 1 aromatic carbocycles. The first-order valence-corrected chi connectivity index (χ1v) is 13.3. The van der Waals surface area contributed by atoms with Gasteiger partial charge in [-0.2, -0.15) is 0 Å². The third-order valence-electron chi connectivity index (χ3n) is 8.12. The summed E-state index contributed by atoms with van der Waals surface area (Å²) >= 11 is 0. The number of rotatable bonds is 3. The molecule has 0 bridgehead atoms. The van der Waals surface area contributed by atoms with Crippen LogP contribution in [-0.4, -0.2) is 78.1 Å². The molecule has 1 aliphatic carbocycles. The maximum atomic E-state index is 14.9. The molecule has 2 saturated heterocycles. The van der Waals surface area contributed by atoms with Crippen molar-refractivity contribution < 1.29 is 23.1 Å². The minimum atomic E-state index is -0.626. The highest BCUT2D eigenvalue weighted by Gasteiger charge is 2.45. The van der Waals surface area contributed by atoms with Crippen molar-refractivity contribution in [1.29, 1.82) is 0 Å². The predicted octanol–water partition coefficient (Wildman–Crippen LogP) is 4.97. The number of hydrogen-bond acceptors (Lipinski definition) is 4. The summed E-state index contributed by atoms with van der Waals surface area (Å²) in [7, 11) is 1.39. The fraction of sp³-hybridized carbons (Fsp3) is 0.586. The highest BCUT2D eigenvalue weighted by atomic mass is 19.1. The lowest BCUT2D eigenvalue weighted by atomic mass is 9.86. The third-order valence-corrected chi connectivity index (χ3v) is 8.12. The van der Waals surface area contributed by atoms with Crippen LogP contribution in [0.15, 0.2) is 42.5 Å². The monoisotopic (exact) mass is 515 g/mol. The van der Waals surface area contributed by atoms with Crippen molar-refractivity contribution in [2.75, 3.05) is 39.8 Å². The number of carbonyl (C=O) groups is 2. The molecule has 0 saturated carbocycles. The summed E-state index contributed by atoms with van der Waals surface area (Å²) in [5.41, 5.74) is 0.184. The Labute approximate surface area is 218 Å². The lowest BCUT2D eigenvalue weighted by molar-refractivity contribution is -0.136. The van der Waals surface area contributed by atoms with Crippen molar-refractivity contribution in [3.8, 4) is 0 Å². The molecule has 202 valence electrons. The van der Waals surface area contributed by atoms with E-state index in [1.54, 1.807) is 4.90 Å². The standard InChI is InChI=1S/C29H39F2N3O3/c1-29(2,3)33-18-23(22-13-12-21(30)17-25(22)31)24(19-33)27(35)32-14-8-11-26(20-9-6-5-7-10-20)34(16-15-32)28(36)37-4/h5-7,9,12-13,17,20,23-24,26H,8,10-11,14-16,18-19H2,1-4H3/t20?,23-,24?,26?/m0/s1. The van der Waals surface area contributed by atoms with Crippen LogP contribution >= 0.6 is 0 Å². The molecule has 8 heteroatoms. The molecular formula is C29H39F2N3O3. The molecule has 2 amide bonds. The van der Waals surface area contributed by atoms with Gasteiger partial charge < -0.3 is 14.5 Å². The molecule has 3 unspecified atom stereocenters. The lowest BCUT2D eigenvalue weighted by Crippen LogP contribution is -2.52. The van der Waals surface area contributed by atoms with E-state index in [-0.39, 0.29) is 35.4 Å². The average molecular weight is 516 g/mol. The highest BCUT2D eigenvalue weighted by molar-refractivity contribution is 5.81. The van der Waals surface area contributed by atoms with E-state index < -0.39 is 17.6 Å². The Morgan fingerprint density at radius 1 is 1.05 bits per heavy atom. The summed E-state index contributed by atoms with van der Waals surface area (Å²) in [6, 6.07) is 3.65. The normalized spacial score (nSPS) is 27.2. The van der Waals surface area contributed by atoms with Gasteiger partial charge in [-0.05, 0) is 51.7 Å². The second kappa shape index (κ2) is 11.3. The molecule has 37 heavy (non-hydrogen) atoms. The van der Waals surface area contributed by atoms with Crippen LogP contribution < -0.4 is 0 Å². The van der Waals surface area contributed by atoms with E-state index in [0.717, 1.165) is 25.3 Å². The number of likely N-dealkylation sites (tertiary alicyclic amines) is 1. The van der Waals surface area contributed by atoms with Gasteiger partial charge in [0, 0.05) is 62.2 Å². The van der Waals surface area contributed by atoms with Crippen LogP contribution in [-0.2, 0) is 9.53 Å². The number of halogens is 2. The van der Waals surface area contributed by atoms with Crippen molar-refractivity contribution >= 4 is 12.0 Å². The fourth-order valence-corrected chi connectivity index (χ4v) is 6.00. The maximum Gasteiger partial charge on any atom is 0.409 e. The predicted molar refractivity (Wildman–Crippen MR) is 139 cm³/mol. The van der Waals surface area contributed by atoms with Gasteiger partial charge in [0.15, 0.2) is 0 Å². The van der Waals surface area contributed by atoms with Gasteiger partial charge in [0.1, 0.15) is 11.6 Å². The maximum absolute atomic E-state index is 14.9. The number of methoxy groups -OCH3 is 1. The van der Waals surface area contributed by atoms with Gasteiger partial charge in [-0.3, -0.25) is 9.69 Å². The first-order valence-electron chi connectivity index (χ1n) is 13.3. The van der Waals surface area contributed by atoms with Crippen LogP contribution in [0.25, 0.3) is 0 Å². The SMILES string of the molecule is COC(=O)N1CCN(C(=O)C2CN(C(C)(C)C)C[C@H]2c2ccc(F)cc2F)CCCC1C1C=CC=CC1. The lowest BCUT2D eigenvalue weighted by Gasteiger charge is -2.40. The quantitative estimate of drug-likeness (QED) is 0.571. The minimum absolute atomic E-state index is 0.00910. The average Bonchev–Trinajstić information content (AvgIpc) is 3.30. The number of benzene rings is 1. The van der Waals surface area contributed by atoms with E-state index in [2.05, 4.69) is 37.8 Å². The number of allylic oxidation sites excluding steroid dienone is 3. The zero-order valence-corrected chi connectivity index (χ0v) is 22.3. The van der Waals surface area contributed by atoms with Gasteiger partial charge in [0.05, 0.1) is 13.0 Å². The van der Waals surface area contributed by atoms with Crippen molar-refractivity contribution in [2.45, 2.75) is 57.5 Å². The van der Waals surface area contributed by atoms with Crippen molar-refractivity contribution in [1.82, 2.24) is 14.7 Å². The number of carbonyl (C=O) groups excluding carboxylic acids is 2. The second-order valence-electron chi connectivity index (χ2n) is 11.4. The molecule has 0 spiro atoms. The summed E-state index contributed by atoms with van der Waals surface area (Å²) in [6.45, 7) is 8.62. The molecule has 0 aromatic heterocycles. The van der Waals surface area contributed by atoms with E-state index in [1.165, 1.54) is 19.2 Å². The summed E-state index contributed by atoms with van der Waals surface area (Å²) < 4.78 is 33.6. The number of ether oxygens (including phenoxy) is 1. The number of hydrogen-bond donors (Lipinski definition) is 0. The van der Waals surface area contributed by atoms with E-state index in [1.807, 2.05) is 17.1 Å². The Morgan fingerprint density at radius 2 is 1.84 bits per heavy atom. The van der Waals surface area contributed by atoms with Gasteiger partial charge in [-0.25, -0.2) is 13.6 Å². The molecule has 2 heterocycles. The van der Waals surface area contributed by atoms with Gasteiger partial charge in [-0.1, -0.05) is 30.4 Å². The topological polar surface area (TPSA) is 53.1 Å². The van der Waals surface area contributed by atoms with Crippen LogP contribution in [0.3, 0.4) is 0 Å². The van der Waals surface area contributed by atoms with Crippen molar-refractivity contribution in [2.24, 2.45) is 11.8 Å². The first kappa shape index (κ1) is 27.3. The van der Waals surface area contributed by atoms with Crippen molar-refractivity contribution in [3.05, 3.63) is 59.7 Å². The minimum Gasteiger partial charge on any atom is -0.453 e. The number of amides is 2. The Hall–Kier alpha value is -2.74. The molecule has 2 fully saturated rings. The van der Waals surface area contributed by atoms with Crippen molar-refractivity contribution in [3.63, 3.8) is 0 Å². The Bertz CT molecular complexity index is 1050. The molecule has 0 radical (unpaired) electrons. The largest absolute Gasteiger partial charge is 0.453 e. The van der Waals surface area contributed by atoms with E-state index in [9.17, 15) is 18.4 Å². The van der Waals surface area contributed by atoms with Crippen LogP contribution in [0.1, 0.15) is 51.5 Å². The summed E-state index contributed by atoms with van der Waals surface area (Å²) in [4.78, 5) is 32.5. The molecule has 2 aliphatic heterocycles. The highest BCUT2D eigenvalue weighted by Crippen LogP contribution is 2.39. The van der Waals surface area contributed by atoms with Gasteiger partial charge in [0.2, 0.25) is 5.91 Å². The molecule has 1 aromatic rings. The Balaban J connectivity index is 1.55. The second-order valence-corrected chi connectivity index (χ2v) is 11.4. The van der Waals surface area contributed by atoms with E-state index in [0.29, 0.717) is 38.3 Å². The van der Waals surface area contributed by atoms with Crippen LogP contribution in [0.4, 0.5) is 13.6 Å². The van der Waals surface area contributed by atoms with Crippen LogP contribution in [0.2, 0.25) is 0 Å². The van der Waals surface area contributed by atoms with Gasteiger partial charge in [-0.15, -0.1) is 0 Å². The molecule has 3 aliphatic rings. The Morgan fingerprint density at radius 3 is 2.49 bits per heavy atom. The molecular weight excluding hydrogens is 476 g/mol. The van der Waals surface area contributed by atoms with Gasteiger partial charge >= 0.3 is 6.09 Å². The van der Waals surface area contributed by atoms with Gasteiger partial charge in [0.25, 0.3) is 0 Å². The summed E-state index contributed by atoms with van der Waals surface area (Å²) in [5.74, 6) is -1.88. The molecule has 4 rings (SSSR count). The Kier molecular flexibility index (Phi) is 8.36. The van der Waals surface area contributed by atoms with Crippen LogP contribution in [0, 0.1) is 23.5 Å². The fourth-order valence-electron chi connectivity index (χ4n) is 6.00. The molecule has 0 N–H and O–H groups in total. The first-order chi connectivity index (χ1) is 17.6. The van der Waals surface area contributed by atoms with Crippen LogP contribution in [0.5, 0.6) is 0 Å². The number of nitrogens with zero attached hydrogens (tertiary/aromatic N) is 3. The third kappa shape index (κ3) is 6.06. The smallest absolute Gasteiger partial charge is 0.409 e.